The fraction of sp³-hybridized carbons (Fsp3) is 0.391. The number of halogens is 1. The van der Waals surface area contributed by atoms with Crippen LogP contribution in [0.5, 0.6) is 5.75 Å². The average Bonchev–Trinajstić information content (AvgIpc) is 3.21. The Balaban J connectivity index is 1.41. The second-order valence-corrected chi connectivity index (χ2v) is 8.66. The second kappa shape index (κ2) is 8.55. The van der Waals surface area contributed by atoms with Crippen molar-refractivity contribution >= 4 is 40.5 Å². The van der Waals surface area contributed by atoms with E-state index in [2.05, 4.69) is 15.3 Å². The molecule has 1 aromatic carbocycles. The highest BCUT2D eigenvalue weighted by Crippen LogP contribution is 2.33. The minimum absolute atomic E-state index is 0.0314. The highest BCUT2D eigenvalue weighted by atomic mass is 35.5. The number of nitrogens with zero attached hydrogens (tertiary/aromatic N) is 4. The number of anilines is 1. The van der Waals surface area contributed by atoms with Crippen molar-refractivity contribution in [1.29, 1.82) is 0 Å². The minimum Gasteiger partial charge on any atom is -0.493 e. The molecule has 10 heteroatoms. The van der Waals surface area contributed by atoms with Crippen molar-refractivity contribution in [2.75, 3.05) is 25.5 Å². The molecular weight excluding hydrogens is 446 g/mol. The third kappa shape index (κ3) is 3.86. The molecule has 2 aliphatic heterocycles. The number of carbonyl (C=O) groups excluding carboxylic acids is 2. The number of benzene rings is 1. The number of carbonyl (C=O) groups is 2. The summed E-state index contributed by atoms with van der Waals surface area (Å²) in [6, 6.07) is 6.71. The summed E-state index contributed by atoms with van der Waals surface area (Å²) in [6.45, 7) is 3.62. The van der Waals surface area contributed by atoms with E-state index >= 15 is 0 Å². The molecule has 2 aromatic heterocycles. The highest BCUT2D eigenvalue weighted by molar-refractivity contribution is 6.30. The van der Waals surface area contributed by atoms with E-state index in [4.69, 9.17) is 20.8 Å². The summed E-state index contributed by atoms with van der Waals surface area (Å²) in [5, 5.41) is 3.67. The number of nitrogens with one attached hydrogen (secondary N) is 1. The lowest BCUT2D eigenvalue weighted by atomic mass is 9.93. The van der Waals surface area contributed by atoms with Crippen LogP contribution in [0.15, 0.2) is 34.9 Å². The summed E-state index contributed by atoms with van der Waals surface area (Å²) in [6.07, 6.45) is 3.13. The van der Waals surface area contributed by atoms with Gasteiger partial charge in [0, 0.05) is 29.9 Å². The van der Waals surface area contributed by atoms with Gasteiger partial charge in [0.15, 0.2) is 11.3 Å². The van der Waals surface area contributed by atoms with Gasteiger partial charge in [0.05, 0.1) is 25.4 Å². The maximum Gasteiger partial charge on any atom is 0.296 e. The number of amides is 2. The van der Waals surface area contributed by atoms with Gasteiger partial charge >= 0.3 is 0 Å². The Kier molecular flexibility index (Phi) is 5.57. The van der Waals surface area contributed by atoms with Gasteiger partial charge in [-0.1, -0.05) is 18.5 Å². The SMILES string of the molecule is CCC1C(=O)N2CCC2CN1C(=O)c1cc(OC)c2oc(NCc3cc(Cl)ccn3)nc2c1. The molecule has 0 aliphatic carbocycles. The van der Waals surface area contributed by atoms with Crippen molar-refractivity contribution in [3.8, 4) is 5.75 Å². The largest absolute Gasteiger partial charge is 0.493 e. The molecule has 2 saturated heterocycles. The molecule has 2 unspecified atom stereocenters. The molecule has 4 heterocycles. The number of rotatable bonds is 6. The number of piperazine rings is 1. The molecule has 0 radical (unpaired) electrons. The van der Waals surface area contributed by atoms with Gasteiger partial charge in [-0.05, 0) is 37.1 Å². The van der Waals surface area contributed by atoms with Gasteiger partial charge in [0.2, 0.25) is 5.91 Å². The average molecular weight is 470 g/mol. The quantitative estimate of drug-likeness (QED) is 0.590. The van der Waals surface area contributed by atoms with E-state index in [0.29, 0.717) is 46.9 Å². The van der Waals surface area contributed by atoms with E-state index in [1.807, 2.05) is 11.8 Å². The van der Waals surface area contributed by atoms with Gasteiger partial charge in [-0.25, -0.2) is 0 Å². The number of methoxy groups -OCH3 is 1. The van der Waals surface area contributed by atoms with Crippen LogP contribution in [0.2, 0.25) is 5.02 Å². The number of hydrogen-bond donors (Lipinski definition) is 1. The van der Waals surface area contributed by atoms with Crippen molar-refractivity contribution in [1.82, 2.24) is 19.8 Å². The monoisotopic (exact) mass is 469 g/mol. The summed E-state index contributed by atoms with van der Waals surface area (Å²) < 4.78 is 11.3. The molecule has 33 heavy (non-hydrogen) atoms. The number of oxazole rings is 1. The fourth-order valence-corrected chi connectivity index (χ4v) is 4.63. The zero-order chi connectivity index (χ0) is 23.1. The van der Waals surface area contributed by atoms with Gasteiger partial charge in [-0.2, -0.15) is 4.98 Å². The lowest BCUT2D eigenvalue weighted by molar-refractivity contribution is -0.151. The number of hydrogen-bond acceptors (Lipinski definition) is 7. The van der Waals surface area contributed by atoms with Gasteiger partial charge in [-0.15, -0.1) is 0 Å². The molecule has 2 amide bonds. The van der Waals surface area contributed by atoms with Crippen LogP contribution in [-0.2, 0) is 11.3 Å². The summed E-state index contributed by atoms with van der Waals surface area (Å²) in [5.41, 5.74) is 2.07. The summed E-state index contributed by atoms with van der Waals surface area (Å²) in [7, 11) is 1.51. The first-order valence-electron chi connectivity index (χ1n) is 10.9. The number of ether oxygens (including phenoxy) is 1. The first kappa shape index (κ1) is 21.5. The number of pyridine rings is 1. The lowest BCUT2D eigenvalue weighted by Crippen LogP contribution is -2.68. The van der Waals surface area contributed by atoms with Gasteiger partial charge < -0.3 is 24.3 Å². The van der Waals surface area contributed by atoms with Crippen LogP contribution >= 0.6 is 11.6 Å². The van der Waals surface area contributed by atoms with Crippen molar-refractivity contribution < 1.29 is 18.7 Å². The molecular formula is C23H24ClN5O4. The Morgan fingerprint density at radius 1 is 1.36 bits per heavy atom. The third-order valence-electron chi connectivity index (χ3n) is 6.27. The Morgan fingerprint density at radius 2 is 2.21 bits per heavy atom. The zero-order valence-electron chi connectivity index (χ0n) is 18.4. The summed E-state index contributed by atoms with van der Waals surface area (Å²) >= 11 is 6.01. The van der Waals surface area contributed by atoms with E-state index in [1.165, 1.54) is 7.11 Å². The van der Waals surface area contributed by atoms with Gasteiger partial charge in [0.1, 0.15) is 11.6 Å². The Hall–Kier alpha value is -3.33. The smallest absolute Gasteiger partial charge is 0.296 e. The lowest BCUT2D eigenvalue weighted by Gasteiger charge is -2.51. The summed E-state index contributed by atoms with van der Waals surface area (Å²) in [5.74, 6) is 0.227. The predicted molar refractivity (Wildman–Crippen MR) is 122 cm³/mol. The molecule has 172 valence electrons. The molecule has 9 nitrogen and oxygen atoms in total. The molecule has 2 atom stereocenters. The Morgan fingerprint density at radius 3 is 2.91 bits per heavy atom. The van der Waals surface area contributed by atoms with E-state index in [0.717, 1.165) is 18.7 Å². The van der Waals surface area contributed by atoms with E-state index in [1.54, 1.807) is 35.4 Å². The second-order valence-electron chi connectivity index (χ2n) is 8.22. The van der Waals surface area contributed by atoms with Crippen molar-refractivity contribution in [2.45, 2.75) is 38.4 Å². The van der Waals surface area contributed by atoms with Crippen LogP contribution in [0.1, 0.15) is 35.8 Å². The number of fused-ring (bicyclic) bond motifs is 2. The molecule has 0 bridgehead atoms. The molecule has 3 aromatic rings. The topological polar surface area (TPSA) is 101 Å². The molecule has 2 fully saturated rings. The Bertz CT molecular complexity index is 1230. The van der Waals surface area contributed by atoms with Crippen LogP contribution in [0.4, 0.5) is 6.01 Å². The van der Waals surface area contributed by atoms with Crippen LogP contribution < -0.4 is 10.1 Å². The molecule has 2 aliphatic rings. The van der Waals surface area contributed by atoms with Gasteiger partial charge in [0.25, 0.3) is 11.9 Å². The molecule has 5 rings (SSSR count). The molecule has 1 N–H and O–H groups in total. The van der Waals surface area contributed by atoms with Gasteiger partial charge in [-0.3, -0.25) is 14.6 Å². The Labute approximate surface area is 195 Å². The fourth-order valence-electron chi connectivity index (χ4n) is 4.45. The maximum absolute atomic E-state index is 13.5. The first-order chi connectivity index (χ1) is 16.0. The minimum atomic E-state index is -0.449. The van der Waals surface area contributed by atoms with Crippen LogP contribution in [0, 0.1) is 0 Å². The standard InChI is InChI=1S/C23H24ClN5O4/c1-3-18-22(31)28-7-5-16(28)12-29(18)21(30)13-8-17-20(19(9-13)32-2)33-23(27-17)26-11-15-10-14(24)4-6-25-15/h4,6,8-10,16,18H,3,5,7,11-12H2,1-2H3,(H,26,27). The molecule has 0 saturated carbocycles. The molecule has 0 spiro atoms. The number of aromatic nitrogens is 2. The van der Waals surface area contributed by atoms with E-state index < -0.39 is 6.04 Å². The van der Waals surface area contributed by atoms with Crippen LogP contribution in [0.3, 0.4) is 0 Å². The third-order valence-corrected chi connectivity index (χ3v) is 6.50. The predicted octanol–water partition coefficient (Wildman–Crippen LogP) is 3.33. The maximum atomic E-state index is 13.5. The van der Waals surface area contributed by atoms with Crippen molar-refractivity contribution in [2.24, 2.45) is 0 Å². The van der Waals surface area contributed by atoms with Crippen molar-refractivity contribution in [3.05, 3.63) is 46.7 Å². The normalized spacial score (nSPS) is 19.9. The first-order valence-corrected chi connectivity index (χ1v) is 11.3. The van der Waals surface area contributed by atoms with Crippen LogP contribution in [0.25, 0.3) is 11.1 Å². The van der Waals surface area contributed by atoms with E-state index in [9.17, 15) is 9.59 Å². The zero-order valence-corrected chi connectivity index (χ0v) is 19.1. The van der Waals surface area contributed by atoms with Crippen molar-refractivity contribution in [3.63, 3.8) is 0 Å². The van der Waals surface area contributed by atoms with E-state index in [-0.39, 0.29) is 23.9 Å². The summed E-state index contributed by atoms with van der Waals surface area (Å²) in [4.78, 5) is 38.5. The van der Waals surface area contributed by atoms with Crippen LogP contribution in [-0.4, -0.2) is 63.9 Å². The highest BCUT2D eigenvalue weighted by Gasteiger charge is 2.45.